The van der Waals surface area contributed by atoms with Crippen molar-refractivity contribution < 1.29 is 14.3 Å². The Balaban J connectivity index is 2.22. The van der Waals surface area contributed by atoms with E-state index in [1.54, 1.807) is 4.90 Å². The maximum absolute atomic E-state index is 12.0. The Morgan fingerprint density at radius 2 is 2.06 bits per heavy atom. The number of carbonyl (C=O) groups is 1. The quantitative estimate of drug-likeness (QED) is 0.710. The molecule has 0 aliphatic carbocycles. The average molecular weight is 268 g/mol. The molecule has 1 atom stereocenters. The van der Waals surface area contributed by atoms with Crippen LogP contribution in [0.4, 0.5) is 0 Å². The van der Waals surface area contributed by atoms with Crippen molar-refractivity contribution in [2.24, 2.45) is 5.92 Å². The lowest BCUT2D eigenvalue weighted by Crippen LogP contribution is -2.64. The zero-order valence-electron chi connectivity index (χ0n) is 9.28. The van der Waals surface area contributed by atoms with Gasteiger partial charge >= 0.3 is 0 Å². The summed E-state index contributed by atoms with van der Waals surface area (Å²) in [4.78, 5) is 12.6. The summed E-state index contributed by atoms with van der Waals surface area (Å²) in [6.07, 6.45) is 0. The second-order valence-electron chi connectivity index (χ2n) is 4.57. The molecule has 0 aromatic rings. The Morgan fingerprint density at radius 3 is 2.44 bits per heavy atom. The van der Waals surface area contributed by atoms with Crippen molar-refractivity contribution in [1.82, 2.24) is 4.90 Å². The van der Waals surface area contributed by atoms with Gasteiger partial charge < -0.3 is 14.4 Å². The standard InChI is InChI=1S/C10H15Cl2NO3/c1-6(2)7-3-16-10(4-15-5-10)13(7)9(14)8(11)12/h6-8H,3-5H2,1-2H3. The van der Waals surface area contributed by atoms with E-state index in [1.807, 2.05) is 13.8 Å². The summed E-state index contributed by atoms with van der Waals surface area (Å²) in [5.41, 5.74) is -0.617. The first-order valence-corrected chi connectivity index (χ1v) is 6.18. The van der Waals surface area contributed by atoms with Crippen LogP contribution in [0.5, 0.6) is 0 Å². The van der Waals surface area contributed by atoms with E-state index in [0.29, 0.717) is 25.7 Å². The summed E-state index contributed by atoms with van der Waals surface area (Å²) in [5.74, 6) is 0.0128. The van der Waals surface area contributed by atoms with Crippen molar-refractivity contribution in [3.05, 3.63) is 0 Å². The van der Waals surface area contributed by atoms with E-state index < -0.39 is 10.6 Å². The highest BCUT2D eigenvalue weighted by Gasteiger charge is 2.56. The van der Waals surface area contributed by atoms with Gasteiger partial charge in [-0.05, 0) is 5.92 Å². The van der Waals surface area contributed by atoms with Gasteiger partial charge in [-0.25, -0.2) is 0 Å². The molecule has 0 bridgehead atoms. The van der Waals surface area contributed by atoms with Crippen molar-refractivity contribution in [3.63, 3.8) is 0 Å². The highest BCUT2D eigenvalue weighted by molar-refractivity contribution is 6.53. The van der Waals surface area contributed by atoms with E-state index in [0.717, 1.165) is 0 Å². The summed E-state index contributed by atoms with van der Waals surface area (Å²) in [6.45, 7) is 5.42. The van der Waals surface area contributed by atoms with Gasteiger partial charge in [-0.1, -0.05) is 37.0 Å². The molecular formula is C10H15Cl2NO3. The predicted octanol–water partition coefficient (Wildman–Crippen LogP) is 1.40. The molecule has 0 radical (unpaired) electrons. The Morgan fingerprint density at radius 1 is 1.44 bits per heavy atom. The minimum absolute atomic E-state index is 0.0244. The van der Waals surface area contributed by atoms with Gasteiger partial charge in [0.25, 0.3) is 5.91 Å². The number of ether oxygens (including phenoxy) is 2. The van der Waals surface area contributed by atoms with Crippen LogP contribution in [-0.2, 0) is 14.3 Å². The smallest absolute Gasteiger partial charge is 0.258 e. The monoisotopic (exact) mass is 267 g/mol. The molecule has 0 saturated carbocycles. The second-order valence-corrected chi connectivity index (χ2v) is 5.67. The van der Waals surface area contributed by atoms with Gasteiger partial charge in [0.15, 0.2) is 10.6 Å². The van der Waals surface area contributed by atoms with Gasteiger partial charge in [0.2, 0.25) is 0 Å². The van der Waals surface area contributed by atoms with Crippen molar-refractivity contribution in [2.75, 3.05) is 19.8 Å². The Hall–Kier alpha value is -0.0300. The third kappa shape index (κ3) is 1.82. The molecule has 4 nitrogen and oxygen atoms in total. The highest BCUT2D eigenvalue weighted by Crippen LogP contribution is 2.38. The lowest BCUT2D eigenvalue weighted by Gasteiger charge is -2.45. The van der Waals surface area contributed by atoms with Gasteiger partial charge in [0, 0.05) is 0 Å². The molecule has 1 amide bonds. The molecule has 2 heterocycles. The molecule has 92 valence electrons. The number of hydrogen-bond acceptors (Lipinski definition) is 3. The maximum atomic E-state index is 12.0. The van der Waals surface area contributed by atoms with Gasteiger partial charge in [0.1, 0.15) is 0 Å². The lowest BCUT2D eigenvalue weighted by atomic mass is 10.0. The minimum Gasteiger partial charge on any atom is -0.371 e. The largest absolute Gasteiger partial charge is 0.371 e. The van der Waals surface area contributed by atoms with Crippen LogP contribution < -0.4 is 0 Å². The molecule has 2 aliphatic rings. The van der Waals surface area contributed by atoms with E-state index in [2.05, 4.69) is 0 Å². The summed E-state index contributed by atoms with van der Waals surface area (Å²) >= 11 is 11.3. The molecule has 0 N–H and O–H groups in total. The predicted molar refractivity (Wildman–Crippen MR) is 60.5 cm³/mol. The number of hydrogen-bond donors (Lipinski definition) is 0. The molecule has 6 heteroatoms. The first kappa shape index (κ1) is 12.4. The fourth-order valence-electron chi connectivity index (χ4n) is 2.15. The van der Waals surface area contributed by atoms with E-state index in [9.17, 15) is 4.79 Å². The van der Waals surface area contributed by atoms with Gasteiger partial charge in [0.05, 0.1) is 25.9 Å². The third-order valence-corrected chi connectivity index (χ3v) is 3.52. The summed E-state index contributed by atoms with van der Waals surface area (Å²) < 4.78 is 10.8. The third-order valence-electron chi connectivity index (χ3n) is 3.14. The lowest BCUT2D eigenvalue weighted by molar-refractivity contribution is -0.241. The van der Waals surface area contributed by atoms with Crippen LogP contribution in [0.2, 0.25) is 0 Å². The molecular weight excluding hydrogens is 253 g/mol. The zero-order valence-corrected chi connectivity index (χ0v) is 10.8. The van der Waals surface area contributed by atoms with Crippen LogP contribution >= 0.6 is 23.2 Å². The molecule has 0 aromatic carbocycles. The number of halogens is 2. The van der Waals surface area contributed by atoms with Gasteiger partial charge in [-0.3, -0.25) is 4.79 Å². The van der Waals surface area contributed by atoms with Crippen molar-refractivity contribution in [2.45, 2.75) is 30.5 Å². The van der Waals surface area contributed by atoms with Crippen LogP contribution in [0.1, 0.15) is 13.8 Å². The molecule has 0 aromatic heterocycles. The average Bonchev–Trinajstić information content (AvgIpc) is 2.55. The van der Waals surface area contributed by atoms with Crippen molar-refractivity contribution in [1.29, 1.82) is 0 Å². The van der Waals surface area contributed by atoms with E-state index in [4.69, 9.17) is 32.7 Å². The second kappa shape index (κ2) is 4.33. The van der Waals surface area contributed by atoms with Crippen molar-refractivity contribution >= 4 is 29.1 Å². The normalized spacial score (nSPS) is 27.9. The molecule has 1 unspecified atom stereocenters. The van der Waals surface area contributed by atoms with E-state index >= 15 is 0 Å². The Kier molecular flexibility index (Phi) is 3.36. The van der Waals surface area contributed by atoms with Crippen LogP contribution in [0.25, 0.3) is 0 Å². The van der Waals surface area contributed by atoms with Crippen LogP contribution in [-0.4, -0.2) is 47.2 Å². The molecule has 16 heavy (non-hydrogen) atoms. The van der Waals surface area contributed by atoms with Crippen LogP contribution in [0.15, 0.2) is 0 Å². The minimum atomic E-state index is -1.04. The maximum Gasteiger partial charge on any atom is 0.258 e. The highest BCUT2D eigenvalue weighted by atomic mass is 35.5. The number of rotatable bonds is 2. The molecule has 2 aliphatic heterocycles. The molecule has 2 rings (SSSR count). The summed E-state index contributed by atoms with van der Waals surface area (Å²) in [5, 5.41) is 0. The first-order valence-electron chi connectivity index (χ1n) is 5.31. The zero-order chi connectivity index (χ0) is 11.9. The fourth-order valence-corrected chi connectivity index (χ4v) is 2.36. The van der Waals surface area contributed by atoms with Crippen LogP contribution in [0.3, 0.4) is 0 Å². The fraction of sp³-hybridized carbons (Fsp3) is 0.900. The van der Waals surface area contributed by atoms with E-state index in [1.165, 1.54) is 0 Å². The Bertz CT molecular complexity index is 292. The topological polar surface area (TPSA) is 38.8 Å². The number of amides is 1. The molecule has 2 saturated heterocycles. The number of alkyl halides is 2. The Labute approximate surface area is 105 Å². The van der Waals surface area contributed by atoms with Crippen LogP contribution in [0, 0.1) is 5.92 Å². The number of nitrogens with zero attached hydrogens (tertiary/aromatic N) is 1. The molecule has 2 fully saturated rings. The summed E-state index contributed by atoms with van der Waals surface area (Å²) in [7, 11) is 0. The van der Waals surface area contributed by atoms with Crippen molar-refractivity contribution in [3.8, 4) is 0 Å². The molecule has 1 spiro atoms. The first-order chi connectivity index (χ1) is 7.48. The number of carbonyl (C=O) groups excluding carboxylic acids is 1. The van der Waals surface area contributed by atoms with Gasteiger partial charge in [-0.15, -0.1) is 0 Å². The SMILES string of the molecule is CC(C)C1COC2(COC2)N1C(=O)C(Cl)Cl. The summed E-state index contributed by atoms with van der Waals surface area (Å²) in [6, 6.07) is 0.0244. The van der Waals surface area contributed by atoms with E-state index in [-0.39, 0.29) is 11.9 Å². The van der Waals surface area contributed by atoms with Gasteiger partial charge in [-0.2, -0.15) is 0 Å².